The molecule has 0 saturated carbocycles. The Morgan fingerprint density at radius 3 is 1.65 bits per heavy atom. The number of aromatic hydroxyl groups is 2. The highest BCUT2D eigenvalue weighted by Crippen LogP contribution is 2.28. The van der Waals surface area contributed by atoms with E-state index >= 15 is 0 Å². The van der Waals surface area contributed by atoms with Crippen LogP contribution in [0.15, 0.2) is 92.3 Å². The normalized spacial score (nSPS) is 13.4. The van der Waals surface area contributed by atoms with Crippen molar-refractivity contribution in [3.05, 3.63) is 103 Å². The lowest BCUT2D eigenvalue weighted by Gasteiger charge is -2.14. The minimum atomic E-state index is -0.0595. The fourth-order valence-electron chi connectivity index (χ4n) is 2.67. The molecule has 3 rings (SSSR count). The summed E-state index contributed by atoms with van der Waals surface area (Å²) in [7, 11) is 0. The Hall–Kier alpha value is -3.52. The molecule has 0 unspecified atom stereocenters. The summed E-state index contributed by atoms with van der Waals surface area (Å²) in [5.41, 5.74) is 1.47. The van der Waals surface area contributed by atoms with E-state index in [1.807, 2.05) is 12.1 Å². The maximum Gasteiger partial charge on any atom is 0.137 e. The number of nitrogens with zero attached hydrogens (tertiary/aromatic N) is 2. The zero-order chi connectivity index (χ0) is 22.4. The van der Waals surface area contributed by atoms with Gasteiger partial charge in [0.2, 0.25) is 0 Å². The Labute approximate surface area is 196 Å². The van der Waals surface area contributed by atoms with E-state index in [0.29, 0.717) is 28.2 Å². The number of benzene rings is 2. The average molecular weight is 538 g/mol. The molecule has 0 atom stereocenters. The Morgan fingerprint density at radius 1 is 0.774 bits per heavy atom. The van der Waals surface area contributed by atoms with Gasteiger partial charge in [-0.05, 0) is 72.9 Å². The summed E-state index contributed by atoms with van der Waals surface area (Å²) in [6.07, 6.45) is 9.72. The molecule has 5 nitrogen and oxygen atoms in total. The van der Waals surface area contributed by atoms with Gasteiger partial charge in [-0.15, -0.1) is 0 Å². The second-order valence-electron chi connectivity index (χ2n) is 6.32. The van der Waals surface area contributed by atoms with Crippen LogP contribution >= 0.6 is 31.9 Å². The van der Waals surface area contributed by atoms with Crippen LogP contribution in [0.4, 0.5) is 0 Å². The van der Waals surface area contributed by atoms with Gasteiger partial charge in [0, 0.05) is 25.6 Å². The second kappa shape index (κ2) is 9.99. The van der Waals surface area contributed by atoms with E-state index in [1.54, 1.807) is 72.9 Å². The standard InChI is InChI=1S/C24H14Br2N2O3/c25-19-3-7-23(29)15(9-19)1-5-21-11-17(18(13-27)14-28)12-22(31-21)6-2-16-10-20(26)4-8-24(16)30/h1-12,29-30H/b5-1+,6-2+. The minimum Gasteiger partial charge on any atom is -0.507 e. The van der Waals surface area contributed by atoms with Crippen molar-refractivity contribution < 1.29 is 14.9 Å². The lowest BCUT2D eigenvalue weighted by atomic mass is 10.0. The molecule has 1 aliphatic rings. The number of nitriles is 2. The summed E-state index contributed by atoms with van der Waals surface area (Å²) >= 11 is 6.72. The lowest BCUT2D eigenvalue weighted by molar-refractivity contribution is 0.332. The summed E-state index contributed by atoms with van der Waals surface area (Å²) < 4.78 is 7.46. The Morgan fingerprint density at radius 2 is 1.23 bits per heavy atom. The topological polar surface area (TPSA) is 97.3 Å². The van der Waals surface area contributed by atoms with Crippen LogP contribution in [0.3, 0.4) is 0 Å². The maximum absolute atomic E-state index is 10.0. The van der Waals surface area contributed by atoms with Crippen molar-refractivity contribution in [3.8, 4) is 23.6 Å². The minimum absolute atomic E-state index is 0.0595. The van der Waals surface area contributed by atoms with Crippen LogP contribution in [0.1, 0.15) is 11.1 Å². The molecule has 2 N–H and O–H groups in total. The molecule has 0 aromatic heterocycles. The van der Waals surface area contributed by atoms with Crippen molar-refractivity contribution in [2.24, 2.45) is 0 Å². The van der Waals surface area contributed by atoms with Crippen molar-refractivity contribution in [1.29, 1.82) is 10.5 Å². The quantitative estimate of drug-likeness (QED) is 0.434. The molecule has 31 heavy (non-hydrogen) atoms. The van der Waals surface area contributed by atoms with Crippen LogP contribution in [0, 0.1) is 22.7 Å². The molecule has 0 spiro atoms. The number of phenolic OH excluding ortho intramolecular Hbond substituents is 2. The third-order valence-corrected chi connectivity index (χ3v) is 5.16. The van der Waals surface area contributed by atoms with E-state index < -0.39 is 0 Å². The summed E-state index contributed by atoms with van der Waals surface area (Å²) in [5.74, 6) is 0.945. The van der Waals surface area contributed by atoms with Crippen molar-refractivity contribution in [1.82, 2.24) is 0 Å². The molecule has 0 saturated heterocycles. The largest absolute Gasteiger partial charge is 0.507 e. The van der Waals surface area contributed by atoms with E-state index in [4.69, 9.17) is 4.74 Å². The van der Waals surface area contributed by atoms with Gasteiger partial charge >= 0.3 is 0 Å². The van der Waals surface area contributed by atoms with Crippen molar-refractivity contribution >= 4 is 44.0 Å². The highest BCUT2D eigenvalue weighted by atomic mass is 79.9. The molecule has 0 bridgehead atoms. The van der Waals surface area contributed by atoms with Gasteiger partial charge in [-0.25, -0.2) is 0 Å². The first kappa shape index (κ1) is 22.2. The van der Waals surface area contributed by atoms with Gasteiger partial charge < -0.3 is 14.9 Å². The molecule has 2 aromatic rings. The molecule has 0 radical (unpaired) electrons. The third kappa shape index (κ3) is 5.76. The predicted octanol–water partition coefficient (Wildman–Crippen LogP) is 6.49. The fourth-order valence-corrected chi connectivity index (χ4v) is 3.43. The van der Waals surface area contributed by atoms with E-state index in [-0.39, 0.29) is 17.1 Å². The highest BCUT2D eigenvalue weighted by Gasteiger charge is 2.12. The summed E-state index contributed by atoms with van der Waals surface area (Å²) in [4.78, 5) is 0. The van der Waals surface area contributed by atoms with Gasteiger partial charge in [-0.2, -0.15) is 10.5 Å². The molecule has 7 heteroatoms. The smallest absolute Gasteiger partial charge is 0.137 e. The van der Waals surface area contributed by atoms with Gasteiger partial charge in [0.1, 0.15) is 40.7 Å². The van der Waals surface area contributed by atoms with Gasteiger partial charge in [-0.3, -0.25) is 0 Å². The summed E-state index contributed by atoms with van der Waals surface area (Å²) in [6, 6.07) is 13.8. The molecular formula is C24H14Br2N2O3. The fraction of sp³-hybridized carbons (Fsp3) is 0. The number of phenols is 2. The van der Waals surface area contributed by atoms with Crippen LogP contribution in [0.25, 0.3) is 12.2 Å². The van der Waals surface area contributed by atoms with E-state index in [0.717, 1.165) is 8.95 Å². The van der Waals surface area contributed by atoms with Crippen molar-refractivity contribution in [2.75, 3.05) is 0 Å². The molecule has 152 valence electrons. The number of hydrogen-bond acceptors (Lipinski definition) is 5. The number of halogens is 2. The average Bonchev–Trinajstić information content (AvgIpc) is 2.76. The maximum atomic E-state index is 10.0. The molecule has 1 heterocycles. The predicted molar refractivity (Wildman–Crippen MR) is 125 cm³/mol. The lowest BCUT2D eigenvalue weighted by Crippen LogP contribution is -1.98. The molecule has 0 aliphatic carbocycles. The van der Waals surface area contributed by atoms with Gasteiger partial charge in [0.05, 0.1) is 0 Å². The monoisotopic (exact) mass is 536 g/mol. The molecule has 1 aliphatic heterocycles. The number of hydrogen-bond donors (Lipinski definition) is 2. The zero-order valence-electron chi connectivity index (χ0n) is 15.9. The molecule has 0 fully saturated rings. The van der Waals surface area contributed by atoms with Gasteiger partial charge in [0.15, 0.2) is 0 Å². The van der Waals surface area contributed by atoms with Crippen molar-refractivity contribution in [2.45, 2.75) is 0 Å². The van der Waals surface area contributed by atoms with E-state index in [9.17, 15) is 20.7 Å². The Bertz CT molecular complexity index is 1180. The van der Waals surface area contributed by atoms with Gasteiger partial charge in [-0.1, -0.05) is 31.9 Å². The van der Waals surface area contributed by atoms with Crippen LogP contribution in [-0.2, 0) is 4.74 Å². The van der Waals surface area contributed by atoms with Crippen LogP contribution in [0.2, 0.25) is 0 Å². The first-order chi connectivity index (χ1) is 14.9. The molecule has 0 amide bonds. The third-order valence-electron chi connectivity index (χ3n) is 4.18. The number of allylic oxidation sites excluding steroid dienone is 6. The second-order valence-corrected chi connectivity index (χ2v) is 8.15. The Balaban J connectivity index is 1.96. The number of rotatable bonds is 4. The van der Waals surface area contributed by atoms with Gasteiger partial charge in [0.25, 0.3) is 0 Å². The number of ether oxygens (including phenoxy) is 1. The van der Waals surface area contributed by atoms with Crippen LogP contribution in [-0.4, -0.2) is 10.2 Å². The first-order valence-electron chi connectivity index (χ1n) is 8.88. The molecular weight excluding hydrogens is 524 g/mol. The highest BCUT2D eigenvalue weighted by molar-refractivity contribution is 9.10. The van der Waals surface area contributed by atoms with Crippen molar-refractivity contribution in [3.63, 3.8) is 0 Å². The molecule has 2 aromatic carbocycles. The zero-order valence-corrected chi connectivity index (χ0v) is 19.1. The Kier molecular flexibility index (Phi) is 7.15. The van der Waals surface area contributed by atoms with E-state index in [1.165, 1.54) is 0 Å². The first-order valence-corrected chi connectivity index (χ1v) is 10.5. The SMILES string of the molecule is N#CC(C#N)=C1C=C(/C=C/c2cc(Br)ccc2O)OC(/C=C/c2cc(Br)ccc2O)=C1. The van der Waals surface area contributed by atoms with E-state index in [2.05, 4.69) is 31.9 Å². The van der Waals surface area contributed by atoms with Crippen LogP contribution < -0.4 is 0 Å². The van der Waals surface area contributed by atoms with Crippen LogP contribution in [0.5, 0.6) is 11.5 Å². The summed E-state index contributed by atoms with van der Waals surface area (Å²) in [6.45, 7) is 0. The summed E-state index contributed by atoms with van der Waals surface area (Å²) in [5, 5.41) is 38.5.